The van der Waals surface area contributed by atoms with E-state index >= 15 is 0 Å². The lowest BCUT2D eigenvalue weighted by Gasteiger charge is -2.13. The lowest BCUT2D eigenvalue weighted by molar-refractivity contribution is 0.387. The summed E-state index contributed by atoms with van der Waals surface area (Å²) < 4.78 is 37.6. The number of sulfonamides is 1. The first-order valence-electron chi connectivity index (χ1n) is 7.21. The van der Waals surface area contributed by atoms with Crippen LogP contribution in [0.1, 0.15) is 38.5 Å². The van der Waals surface area contributed by atoms with E-state index in [4.69, 9.17) is 0 Å². The van der Waals surface area contributed by atoms with Crippen molar-refractivity contribution in [1.82, 2.24) is 0 Å². The van der Waals surface area contributed by atoms with Crippen LogP contribution in [0.2, 0.25) is 0 Å². The van der Waals surface area contributed by atoms with Crippen molar-refractivity contribution < 1.29 is 22.8 Å². The van der Waals surface area contributed by atoms with Gasteiger partial charge in [0.05, 0.1) is 16.7 Å². The molecule has 0 spiro atoms. The molecule has 1 rings (SSSR count). The number of hydrogen-bond acceptors (Lipinski definition) is 3. The third kappa shape index (κ3) is 6.92. The molecule has 0 aliphatic rings. The maximum Gasteiger partial charge on any atom is 0.358 e. The molecule has 0 bridgehead atoms. The summed E-state index contributed by atoms with van der Waals surface area (Å²) in [5, 5.41) is -0.311. The minimum atomic E-state index is -4.52. The van der Waals surface area contributed by atoms with E-state index in [2.05, 4.69) is 11.6 Å². The van der Waals surface area contributed by atoms with Gasteiger partial charge in [-0.1, -0.05) is 51.2 Å². The summed E-state index contributed by atoms with van der Waals surface area (Å²) in [5.41, 5.74) is -0.0621. The van der Waals surface area contributed by atoms with Gasteiger partial charge in [0.25, 0.3) is 0 Å². The second-order valence-corrected chi connectivity index (χ2v) is 8.52. The van der Waals surface area contributed by atoms with Gasteiger partial charge < -0.3 is 9.79 Å². The zero-order valence-corrected chi connectivity index (χ0v) is 14.2. The summed E-state index contributed by atoms with van der Waals surface area (Å²) in [6, 6.07) is 5.54. The van der Waals surface area contributed by atoms with Gasteiger partial charge in [0, 0.05) is 0 Å². The Bertz CT molecular complexity index is 611. The third-order valence-corrected chi connectivity index (χ3v) is 5.52. The van der Waals surface area contributed by atoms with Crippen molar-refractivity contribution in [3.63, 3.8) is 0 Å². The number of unbranched alkanes of at least 4 members (excludes halogenated alkanes) is 5. The van der Waals surface area contributed by atoms with Gasteiger partial charge in [-0.25, -0.2) is 8.42 Å². The highest BCUT2D eigenvalue weighted by atomic mass is 32.2. The van der Waals surface area contributed by atoms with Gasteiger partial charge in [-0.05, 0) is 18.6 Å². The second-order valence-electron chi connectivity index (χ2n) is 5.10. The molecule has 0 aliphatic carbocycles. The molecule has 6 nitrogen and oxygen atoms in total. The Labute approximate surface area is 132 Å². The number of para-hydroxylation sites is 1. The Kier molecular flexibility index (Phi) is 7.56. The van der Waals surface area contributed by atoms with E-state index in [1.54, 1.807) is 0 Å². The predicted octanol–water partition coefficient (Wildman–Crippen LogP) is 2.41. The molecule has 0 unspecified atom stereocenters. The van der Waals surface area contributed by atoms with Crippen molar-refractivity contribution in [2.24, 2.45) is 0 Å². The largest absolute Gasteiger partial charge is 0.358 e. The first-order chi connectivity index (χ1) is 10.3. The fourth-order valence-electron chi connectivity index (χ4n) is 2.03. The minimum absolute atomic E-state index is 0.0621. The molecule has 0 heterocycles. The number of anilines is 1. The normalized spacial score (nSPS) is 12.3. The summed E-state index contributed by atoms with van der Waals surface area (Å²) in [7, 11) is -8.13. The summed E-state index contributed by atoms with van der Waals surface area (Å²) in [5.74, 6) is -0.0626. The molecular weight excluding hydrogens is 325 g/mol. The van der Waals surface area contributed by atoms with Crippen LogP contribution in [0.5, 0.6) is 0 Å². The molecule has 8 heteroatoms. The van der Waals surface area contributed by atoms with Crippen molar-refractivity contribution in [3.8, 4) is 0 Å². The molecule has 1 radical (unpaired) electrons. The number of nitrogens with one attached hydrogen (secondary N) is 1. The zero-order valence-electron chi connectivity index (χ0n) is 12.4. The molecular formula is C14H23NO5PS. The highest BCUT2D eigenvalue weighted by Crippen LogP contribution is 2.36. The molecule has 3 N–H and O–H groups in total. The second kappa shape index (κ2) is 8.67. The lowest BCUT2D eigenvalue weighted by Crippen LogP contribution is -2.21. The molecule has 0 aliphatic heterocycles. The van der Waals surface area contributed by atoms with Crippen LogP contribution in [0.3, 0.4) is 0 Å². The van der Waals surface area contributed by atoms with E-state index in [9.17, 15) is 22.8 Å². The molecule has 0 saturated carbocycles. The third-order valence-electron chi connectivity index (χ3n) is 3.15. The smallest absolute Gasteiger partial charge is 0.321 e. The Morgan fingerprint density at radius 1 is 1.05 bits per heavy atom. The molecule has 0 saturated heterocycles. The average Bonchev–Trinajstić information content (AvgIpc) is 2.41. The number of hydrogen-bond donors (Lipinski definition) is 3. The average molecular weight is 348 g/mol. The van der Waals surface area contributed by atoms with Crippen molar-refractivity contribution in [2.75, 3.05) is 10.5 Å². The maximum atomic E-state index is 12.0. The molecule has 0 fully saturated rings. The maximum absolute atomic E-state index is 12.0. The van der Waals surface area contributed by atoms with Gasteiger partial charge >= 0.3 is 7.60 Å². The van der Waals surface area contributed by atoms with Gasteiger partial charge in [0.15, 0.2) is 0 Å². The van der Waals surface area contributed by atoms with Crippen LogP contribution < -0.4 is 10.0 Å². The van der Waals surface area contributed by atoms with Crippen LogP contribution in [0.4, 0.5) is 5.69 Å². The van der Waals surface area contributed by atoms with Crippen molar-refractivity contribution >= 4 is 28.6 Å². The molecule has 1 aromatic carbocycles. The van der Waals surface area contributed by atoms with Gasteiger partial charge in [0.2, 0.25) is 10.0 Å². The number of benzene rings is 1. The Hall–Kier alpha value is -0.880. The van der Waals surface area contributed by atoms with Gasteiger partial charge in [0.1, 0.15) is 0 Å². The monoisotopic (exact) mass is 348 g/mol. The quantitative estimate of drug-likeness (QED) is 0.445. The molecule has 0 atom stereocenters. The highest BCUT2D eigenvalue weighted by Gasteiger charge is 2.23. The SMILES string of the molecule is [CH2]CCCCCCCS(=O)(=O)Nc1ccccc1P(=O)(O)O. The summed E-state index contributed by atoms with van der Waals surface area (Å²) >= 11 is 0. The van der Waals surface area contributed by atoms with Crippen LogP contribution in [0, 0.1) is 6.92 Å². The van der Waals surface area contributed by atoms with E-state index in [1.807, 2.05) is 0 Å². The van der Waals surface area contributed by atoms with Crippen molar-refractivity contribution in [1.29, 1.82) is 0 Å². The molecule has 0 amide bonds. The topological polar surface area (TPSA) is 104 Å². The molecule has 1 aromatic rings. The molecule has 22 heavy (non-hydrogen) atoms. The van der Waals surface area contributed by atoms with Gasteiger partial charge in [-0.3, -0.25) is 9.29 Å². The highest BCUT2D eigenvalue weighted by molar-refractivity contribution is 7.92. The van der Waals surface area contributed by atoms with Crippen LogP contribution in [-0.2, 0) is 14.6 Å². The van der Waals surface area contributed by atoms with Crippen LogP contribution in [0.15, 0.2) is 24.3 Å². The van der Waals surface area contributed by atoms with Crippen LogP contribution >= 0.6 is 7.60 Å². The summed E-state index contributed by atoms with van der Waals surface area (Å²) in [6.45, 7) is 3.75. The minimum Gasteiger partial charge on any atom is -0.321 e. The Morgan fingerprint density at radius 2 is 1.64 bits per heavy atom. The molecule has 0 aromatic heterocycles. The standard InChI is InChI=1S/C14H23NO5PS/c1-2-3-4-5-6-9-12-22(19,20)15-13-10-7-8-11-14(13)21(16,17)18/h7-8,10-11,15H,1-6,9,12H2,(H2,16,17,18). The van der Waals surface area contributed by atoms with E-state index in [-0.39, 0.29) is 16.7 Å². The lowest BCUT2D eigenvalue weighted by atomic mass is 10.1. The Balaban J connectivity index is 2.60. The first-order valence-corrected chi connectivity index (χ1v) is 10.5. The number of rotatable bonds is 10. The van der Waals surface area contributed by atoms with E-state index in [1.165, 1.54) is 24.3 Å². The zero-order chi connectivity index (χ0) is 16.6. The summed E-state index contributed by atoms with van der Waals surface area (Å²) in [4.78, 5) is 18.5. The van der Waals surface area contributed by atoms with E-state index < -0.39 is 17.6 Å². The first kappa shape index (κ1) is 19.2. The van der Waals surface area contributed by atoms with Crippen molar-refractivity contribution in [2.45, 2.75) is 38.5 Å². The van der Waals surface area contributed by atoms with E-state index in [0.717, 1.165) is 32.1 Å². The van der Waals surface area contributed by atoms with Crippen LogP contribution in [-0.4, -0.2) is 24.0 Å². The molecule has 125 valence electrons. The fourth-order valence-corrected chi connectivity index (χ4v) is 4.03. The van der Waals surface area contributed by atoms with Gasteiger partial charge in [-0.15, -0.1) is 0 Å². The fraction of sp³-hybridized carbons (Fsp3) is 0.500. The predicted molar refractivity (Wildman–Crippen MR) is 88.6 cm³/mol. The summed E-state index contributed by atoms with van der Waals surface area (Å²) in [6.07, 6.45) is 5.26. The van der Waals surface area contributed by atoms with Gasteiger partial charge in [-0.2, -0.15) is 0 Å². The Morgan fingerprint density at radius 3 is 2.27 bits per heavy atom. The van der Waals surface area contributed by atoms with Crippen molar-refractivity contribution in [3.05, 3.63) is 31.2 Å². The van der Waals surface area contributed by atoms with Crippen LogP contribution in [0.25, 0.3) is 0 Å². The van der Waals surface area contributed by atoms with E-state index in [0.29, 0.717) is 6.42 Å².